The van der Waals surface area contributed by atoms with Crippen LogP contribution in [0.1, 0.15) is 48.5 Å². The summed E-state index contributed by atoms with van der Waals surface area (Å²) in [5.74, 6) is -1.12. The second kappa shape index (κ2) is 13.4. The summed E-state index contributed by atoms with van der Waals surface area (Å²) in [4.78, 5) is 34.8. The number of likely N-dealkylation sites (tertiary alicyclic amines) is 1. The van der Waals surface area contributed by atoms with Crippen LogP contribution in [0.3, 0.4) is 0 Å². The van der Waals surface area contributed by atoms with E-state index in [1.807, 2.05) is 24.3 Å². The zero-order valence-corrected chi connectivity index (χ0v) is 27.4. The first-order chi connectivity index (χ1) is 21.4. The minimum atomic E-state index is -3.86. The Balaban J connectivity index is 1.75. The third-order valence-corrected chi connectivity index (χ3v) is 10.3. The van der Waals surface area contributed by atoms with Crippen molar-refractivity contribution in [1.82, 2.24) is 14.1 Å². The lowest BCUT2D eigenvalue weighted by Crippen LogP contribution is -2.51. The van der Waals surface area contributed by atoms with Gasteiger partial charge in [-0.25, -0.2) is 17.5 Å². The van der Waals surface area contributed by atoms with Gasteiger partial charge in [0.25, 0.3) is 0 Å². The highest BCUT2D eigenvalue weighted by Gasteiger charge is 2.45. The fourth-order valence-electron chi connectivity index (χ4n) is 5.70. The van der Waals surface area contributed by atoms with E-state index in [0.29, 0.717) is 40.7 Å². The maximum absolute atomic E-state index is 14.7. The number of urea groups is 1. The number of hydrogen-bond acceptors (Lipinski definition) is 6. The number of aliphatic imine (C=N–C) groups is 1. The van der Waals surface area contributed by atoms with Crippen molar-refractivity contribution in [2.45, 2.75) is 36.7 Å². The zero-order valence-electron chi connectivity index (χ0n) is 25.1. The number of carbonyl (C=O) groups excluding carboxylic acids is 1. The minimum Gasteiger partial charge on any atom is -0.493 e. The molecule has 0 bridgehead atoms. The Morgan fingerprint density at radius 3 is 2.20 bits per heavy atom. The van der Waals surface area contributed by atoms with Crippen LogP contribution in [0.25, 0.3) is 0 Å². The Hall–Kier alpha value is -3.64. The van der Waals surface area contributed by atoms with E-state index in [-0.39, 0.29) is 23.9 Å². The second-order valence-electron chi connectivity index (χ2n) is 11.1. The number of halogens is 2. The molecule has 2 heterocycles. The molecule has 0 aliphatic carbocycles. The van der Waals surface area contributed by atoms with Crippen molar-refractivity contribution >= 4 is 51.1 Å². The highest BCUT2D eigenvalue weighted by Crippen LogP contribution is 2.46. The van der Waals surface area contributed by atoms with Gasteiger partial charge in [-0.15, -0.1) is 0 Å². The lowest BCUT2D eigenvalue weighted by atomic mass is 9.93. The number of carboxylic acid groups (broad SMARTS) is 1. The molecule has 13 heteroatoms. The molecule has 3 atom stereocenters. The van der Waals surface area contributed by atoms with E-state index in [1.54, 1.807) is 37.3 Å². The van der Waals surface area contributed by atoms with Crippen LogP contribution < -0.4 is 4.74 Å². The van der Waals surface area contributed by atoms with Crippen LogP contribution in [-0.4, -0.2) is 79.3 Å². The number of carbonyl (C=O) groups is 2. The topological polar surface area (TPSA) is 120 Å². The Morgan fingerprint density at radius 2 is 1.62 bits per heavy atom. The molecular formula is C32H34Cl2N4O6S. The molecule has 3 unspecified atom stereocenters. The summed E-state index contributed by atoms with van der Waals surface area (Å²) in [7, 11) is -0.980. The van der Waals surface area contributed by atoms with E-state index in [0.717, 1.165) is 15.4 Å². The van der Waals surface area contributed by atoms with Gasteiger partial charge in [0.1, 0.15) is 17.6 Å². The fourth-order valence-corrected chi connectivity index (χ4v) is 6.88. The van der Waals surface area contributed by atoms with E-state index in [1.165, 1.54) is 36.0 Å². The fraction of sp³-hybridized carbons (Fsp3) is 0.344. The molecule has 3 aromatic carbocycles. The van der Waals surface area contributed by atoms with Gasteiger partial charge in [0.05, 0.1) is 29.0 Å². The number of rotatable bonds is 8. The number of sulfonamides is 1. The van der Waals surface area contributed by atoms with E-state index in [9.17, 15) is 23.1 Å². The summed E-state index contributed by atoms with van der Waals surface area (Å²) < 4.78 is 33.6. The summed E-state index contributed by atoms with van der Waals surface area (Å²) in [6, 6.07) is 17.0. The third kappa shape index (κ3) is 6.67. The lowest BCUT2D eigenvalue weighted by Gasteiger charge is -2.37. The zero-order chi connectivity index (χ0) is 32.5. The van der Waals surface area contributed by atoms with Crippen LogP contribution >= 0.6 is 23.2 Å². The van der Waals surface area contributed by atoms with Gasteiger partial charge in [0.15, 0.2) is 0 Å². The maximum Gasteiger partial charge on any atom is 0.326 e. The SMILES string of the molecule is CCOc1ccc(S(=O)(=O)N(C)C)cc1C1=NC(c2ccc(Cl)cc2)C(c2ccc(Cl)cc2)N1C(=O)N1CCCC(C(=O)O)C1. The quantitative estimate of drug-likeness (QED) is 0.309. The van der Waals surface area contributed by atoms with Crippen LogP contribution in [0.4, 0.5) is 4.79 Å². The molecule has 45 heavy (non-hydrogen) atoms. The molecule has 3 aromatic rings. The molecular weight excluding hydrogens is 639 g/mol. The van der Waals surface area contributed by atoms with Gasteiger partial charge in [-0.05, 0) is 73.4 Å². The van der Waals surface area contributed by atoms with Gasteiger partial charge in [-0.2, -0.15) is 0 Å². The third-order valence-electron chi connectivity index (χ3n) is 8.01. The molecule has 2 amide bonds. The minimum absolute atomic E-state index is 0.00273. The Morgan fingerprint density at radius 1 is 1.00 bits per heavy atom. The van der Waals surface area contributed by atoms with Gasteiger partial charge in [0, 0.05) is 37.2 Å². The monoisotopic (exact) mass is 672 g/mol. The van der Waals surface area contributed by atoms with Crippen LogP contribution in [0.15, 0.2) is 76.6 Å². The maximum atomic E-state index is 14.7. The first kappa shape index (κ1) is 32.7. The molecule has 1 saturated heterocycles. The molecule has 5 rings (SSSR count). The summed E-state index contributed by atoms with van der Waals surface area (Å²) in [5, 5.41) is 10.8. The van der Waals surface area contributed by atoms with Crippen molar-refractivity contribution in [3.05, 3.63) is 93.5 Å². The predicted octanol–water partition coefficient (Wildman–Crippen LogP) is 6.10. The number of carboxylic acids is 1. The van der Waals surface area contributed by atoms with Crippen molar-refractivity contribution in [1.29, 1.82) is 0 Å². The van der Waals surface area contributed by atoms with Crippen molar-refractivity contribution < 1.29 is 27.9 Å². The number of amidine groups is 1. The standard InChI is InChI=1S/C32H34Cl2N4O6S/c1-4-44-27-16-15-25(45(42,43)36(2)3)18-26(27)30-35-28(20-7-11-23(33)12-8-20)29(21-9-13-24(34)14-10-21)38(30)32(41)37-17-5-6-22(19-37)31(39)40/h7-16,18,22,28-29H,4-6,17,19H2,1-3H3,(H,39,40). The summed E-state index contributed by atoms with van der Waals surface area (Å²) >= 11 is 12.5. The Bertz CT molecular complexity index is 1710. The van der Waals surface area contributed by atoms with Crippen molar-refractivity contribution in [2.75, 3.05) is 33.8 Å². The highest BCUT2D eigenvalue weighted by atomic mass is 35.5. The molecule has 0 radical (unpaired) electrons. The van der Waals surface area contributed by atoms with Gasteiger partial charge < -0.3 is 14.7 Å². The molecule has 1 fully saturated rings. The van der Waals surface area contributed by atoms with E-state index < -0.39 is 40.0 Å². The number of aliphatic carboxylic acids is 1. The largest absolute Gasteiger partial charge is 0.493 e. The molecule has 238 valence electrons. The van der Waals surface area contributed by atoms with Gasteiger partial charge in [-0.1, -0.05) is 47.5 Å². The smallest absolute Gasteiger partial charge is 0.326 e. The van der Waals surface area contributed by atoms with Crippen LogP contribution in [0.5, 0.6) is 5.75 Å². The summed E-state index contributed by atoms with van der Waals surface area (Å²) in [5.41, 5.74) is 1.81. The molecule has 1 N–H and O–H groups in total. The molecule has 10 nitrogen and oxygen atoms in total. The number of ether oxygens (including phenoxy) is 1. The first-order valence-corrected chi connectivity index (χ1v) is 16.7. The molecule has 0 spiro atoms. The van der Waals surface area contributed by atoms with Gasteiger partial charge >= 0.3 is 12.0 Å². The second-order valence-corrected chi connectivity index (χ2v) is 14.1. The number of piperidine rings is 1. The number of benzene rings is 3. The normalized spacial score (nSPS) is 20.3. The van der Waals surface area contributed by atoms with Gasteiger partial charge in [-0.3, -0.25) is 14.7 Å². The van der Waals surface area contributed by atoms with E-state index in [4.69, 9.17) is 32.9 Å². The van der Waals surface area contributed by atoms with E-state index in [2.05, 4.69) is 0 Å². The van der Waals surface area contributed by atoms with Crippen LogP contribution in [0.2, 0.25) is 10.0 Å². The van der Waals surface area contributed by atoms with Crippen LogP contribution in [-0.2, 0) is 14.8 Å². The first-order valence-electron chi connectivity index (χ1n) is 14.5. The molecule has 2 aliphatic rings. The average molecular weight is 674 g/mol. The molecule has 0 saturated carbocycles. The molecule has 2 aliphatic heterocycles. The average Bonchev–Trinajstić information content (AvgIpc) is 3.42. The van der Waals surface area contributed by atoms with Crippen molar-refractivity contribution in [3.8, 4) is 5.75 Å². The number of hydrogen-bond donors (Lipinski definition) is 1. The van der Waals surface area contributed by atoms with Crippen molar-refractivity contribution in [2.24, 2.45) is 10.9 Å². The van der Waals surface area contributed by atoms with Gasteiger partial charge in [0.2, 0.25) is 10.0 Å². The van der Waals surface area contributed by atoms with Crippen molar-refractivity contribution in [3.63, 3.8) is 0 Å². The number of amides is 2. The van der Waals surface area contributed by atoms with E-state index >= 15 is 0 Å². The summed E-state index contributed by atoms with van der Waals surface area (Å²) in [6.45, 7) is 2.48. The summed E-state index contributed by atoms with van der Waals surface area (Å²) in [6.07, 6.45) is 0.989. The number of nitrogens with zero attached hydrogens (tertiary/aromatic N) is 4. The van der Waals surface area contributed by atoms with Crippen LogP contribution in [0, 0.1) is 5.92 Å². The molecule has 0 aromatic heterocycles. The lowest BCUT2D eigenvalue weighted by molar-refractivity contribution is -0.143. The Labute approximate surface area is 272 Å². The highest BCUT2D eigenvalue weighted by molar-refractivity contribution is 7.89. The Kier molecular flexibility index (Phi) is 9.74. The predicted molar refractivity (Wildman–Crippen MR) is 173 cm³/mol.